The van der Waals surface area contributed by atoms with Gasteiger partial charge in [-0.25, -0.2) is 0 Å². The molecule has 3 rings (SSSR count). The minimum absolute atomic E-state index is 0.00349. The zero-order chi connectivity index (χ0) is 22.4. The Labute approximate surface area is 191 Å². The third-order valence-electron chi connectivity index (χ3n) is 6.20. The van der Waals surface area contributed by atoms with E-state index in [1.54, 1.807) is 0 Å². The summed E-state index contributed by atoms with van der Waals surface area (Å²) < 4.78 is 12.2. The fourth-order valence-corrected chi connectivity index (χ4v) is 4.49. The van der Waals surface area contributed by atoms with E-state index in [0.29, 0.717) is 30.1 Å². The number of hydrogen-bond acceptors (Lipinski definition) is 3. The number of carbonyl (C=O) groups excluding carboxylic acids is 1. The standard InChI is InChI=1S/C26H34ClNO3/c1-5-18(4)28-25(29)16-30-21-10-8-9-19(13-21)26-23(17(2)3)14-20(15-31-26)22-11-6-7-12-24(22)27/h6-13,17-18,20,23,26H,5,14-16H2,1-4H3,(H,28,29)/t18-,20-,23-,26-/m0/s1. The SMILES string of the molecule is CC[C@H](C)NC(=O)COc1cccc([C@@H]2OC[C@@H](c3ccccc3Cl)C[C@H]2C(C)C)c1. The molecule has 0 saturated carbocycles. The molecule has 1 aliphatic rings. The summed E-state index contributed by atoms with van der Waals surface area (Å²) in [5, 5.41) is 3.73. The molecule has 0 bridgehead atoms. The highest BCUT2D eigenvalue weighted by molar-refractivity contribution is 6.31. The van der Waals surface area contributed by atoms with Gasteiger partial charge in [-0.1, -0.05) is 62.7 Å². The molecule has 4 nitrogen and oxygen atoms in total. The van der Waals surface area contributed by atoms with Crippen molar-refractivity contribution < 1.29 is 14.3 Å². The Balaban J connectivity index is 1.69. The van der Waals surface area contributed by atoms with Crippen LogP contribution in [0, 0.1) is 11.8 Å². The second kappa shape index (κ2) is 11.0. The van der Waals surface area contributed by atoms with E-state index in [2.05, 4.69) is 31.3 Å². The lowest BCUT2D eigenvalue weighted by Crippen LogP contribution is -2.35. The van der Waals surface area contributed by atoms with E-state index < -0.39 is 0 Å². The quantitative estimate of drug-likeness (QED) is 0.532. The van der Waals surface area contributed by atoms with Gasteiger partial charge in [0.1, 0.15) is 5.75 Å². The molecule has 168 valence electrons. The second-order valence-corrected chi connectivity index (χ2v) is 9.26. The Kier molecular flexibility index (Phi) is 8.39. The van der Waals surface area contributed by atoms with Gasteiger partial charge in [-0.2, -0.15) is 0 Å². The minimum Gasteiger partial charge on any atom is -0.484 e. The Morgan fingerprint density at radius 1 is 1.19 bits per heavy atom. The van der Waals surface area contributed by atoms with Crippen LogP contribution in [0.1, 0.15) is 63.7 Å². The average Bonchev–Trinajstić information content (AvgIpc) is 2.77. The van der Waals surface area contributed by atoms with E-state index >= 15 is 0 Å². The largest absolute Gasteiger partial charge is 0.484 e. The van der Waals surface area contributed by atoms with Crippen molar-refractivity contribution >= 4 is 17.5 Å². The van der Waals surface area contributed by atoms with E-state index in [0.717, 1.165) is 29.0 Å². The first kappa shape index (κ1) is 23.6. The smallest absolute Gasteiger partial charge is 0.258 e. The van der Waals surface area contributed by atoms with Crippen molar-refractivity contribution in [1.29, 1.82) is 0 Å². The molecule has 1 saturated heterocycles. The summed E-state index contributed by atoms with van der Waals surface area (Å²) in [5.74, 6) is 1.70. The maximum Gasteiger partial charge on any atom is 0.258 e. The summed E-state index contributed by atoms with van der Waals surface area (Å²) in [6.45, 7) is 9.18. The van der Waals surface area contributed by atoms with Gasteiger partial charge in [-0.3, -0.25) is 4.79 Å². The van der Waals surface area contributed by atoms with Crippen LogP contribution in [0.3, 0.4) is 0 Å². The van der Waals surface area contributed by atoms with Crippen LogP contribution in [0.15, 0.2) is 48.5 Å². The molecule has 1 fully saturated rings. The molecule has 0 unspecified atom stereocenters. The molecule has 0 radical (unpaired) electrons. The van der Waals surface area contributed by atoms with Crippen molar-refractivity contribution in [2.24, 2.45) is 11.8 Å². The second-order valence-electron chi connectivity index (χ2n) is 8.85. The van der Waals surface area contributed by atoms with Gasteiger partial charge in [0, 0.05) is 17.0 Å². The van der Waals surface area contributed by atoms with Crippen LogP contribution in [0.2, 0.25) is 5.02 Å². The highest BCUT2D eigenvalue weighted by atomic mass is 35.5. The first-order valence-corrected chi connectivity index (χ1v) is 11.6. The van der Waals surface area contributed by atoms with Crippen LogP contribution in [0.5, 0.6) is 5.75 Å². The number of benzene rings is 2. The van der Waals surface area contributed by atoms with Gasteiger partial charge in [0.15, 0.2) is 6.61 Å². The van der Waals surface area contributed by atoms with Crippen LogP contribution in [-0.4, -0.2) is 25.2 Å². The molecule has 0 aromatic heterocycles. The molecule has 2 aromatic carbocycles. The highest BCUT2D eigenvalue weighted by Crippen LogP contribution is 2.45. The van der Waals surface area contributed by atoms with Gasteiger partial charge in [-0.05, 0) is 60.9 Å². The lowest BCUT2D eigenvalue weighted by Gasteiger charge is -2.39. The predicted octanol–water partition coefficient (Wildman–Crippen LogP) is 6.15. The van der Waals surface area contributed by atoms with Crippen LogP contribution in [-0.2, 0) is 9.53 Å². The number of amides is 1. The third-order valence-corrected chi connectivity index (χ3v) is 6.54. The molecular weight excluding hydrogens is 410 g/mol. The van der Waals surface area contributed by atoms with Crippen LogP contribution in [0.4, 0.5) is 0 Å². The summed E-state index contributed by atoms with van der Waals surface area (Å²) in [6, 6.07) is 16.2. The molecule has 5 heteroatoms. The van der Waals surface area contributed by atoms with Crippen molar-refractivity contribution in [3.63, 3.8) is 0 Å². The van der Waals surface area contributed by atoms with Gasteiger partial charge in [0.05, 0.1) is 12.7 Å². The molecule has 1 heterocycles. The van der Waals surface area contributed by atoms with Gasteiger partial charge >= 0.3 is 0 Å². The van der Waals surface area contributed by atoms with Crippen molar-refractivity contribution in [3.05, 3.63) is 64.7 Å². The molecule has 31 heavy (non-hydrogen) atoms. The van der Waals surface area contributed by atoms with Crippen LogP contribution in [0.25, 0.3) is 0 Å². The average molecular weight is 444 g/mol. The summed E-state index contributed by atoms with van der Waals surface area (Å²) in [5.41, 5.74) is 2.26. The summed E-state index contributed by atoms with van der Waals surface area (Å²) in [4.78, 5) is 12.0. The number of carbonyl (C=O) groups is 1. The maximum atomic E-state index is 12.0. The molecular formula is C26H34ClNO3. The van der Waals surface area contributed by atoms with Crippen molar-refractivity contribution in [1.82, 2.24) is 5.32 Å². The zero-order valence-corrected chi connectivity index (χ0v) is 19.7. The molecule has 2 aromatic rings. The van der Waals surface area contributed by atoms with E-state index in [9.17, 15) is 4.79 Å². The zero-order valence-electron chi connectivity index (χ0n) is 18.9. The molecule has 1 N–H and O–H groups in total. The van der Waals surface area contributed by atoms with Gasteiger partial charge in [-0.15, -0.1) is 0 Å². The van der Waals surface area contributed by atoms with E-state index in [1.165, 1.54) is 0 Å². The molecule has 1 amide bonds. The molecule has 1 aliphatic heterocycles. The molecule has 4 atom stereocenters. The van der Waals surface area contributed by atoms with Gasteiger partial charge in [0.2, 0.25) is 0 Å². The number of halogens is 1. The minimum atomic E-state index is -0.101. The third kappa shape index (κ3) is 6.24. The Morgan fingerprint density at radius 3 is 2.68 bits per heavy atom. The number of nitrogens with one attached hydrogen (secondary N) is 1. The van der Waals surface area contributed by atoms with E-state index in [1.807, 2.05) is 50.2 Å². The molecule has 0 aliphatic carbocycles. The summed E-state index contributed by atoms with van der Waals surface area (Å²) >= 11 is 6.46. The normalized spacial score (nSPS) is 22.2. The van der Waals surface area contributed by atoms with Crippen molar-refractivity contribution in [2.75, 3.05) is 13.2 Å². The van der Waals surface area contributed by atoms with Crippen LogP contribution >= 0.6 is 11.6 Å². The Hall–Kier alpha value is -2.04. The Morgan fingerprint density at radius 2 is 1.97 bits per heavy atom. The maximum absolute atomic E-state index is 12.0. The summed E-state index contributed by atoms with van der Waals surface area (Å²) in [7, 11) is 0. The van der Waals surface area contributed by atoms with E-state index in [-0.39, 0.29) is 24.7 Å². The number of hydrogen-bond donors (Lipinski definition) is 1. The first-order chi connectivity index (χ1) is 14.9. The number of rotatable bonds is 8. The fourth-order valence-electron chi connectivity index (χ4n) is 4.20. The highest BCUT2D eigenvalue weighted by Gasteiger charge is 2.35. The van der Waals surface area contributed by atoms with E-state index in [4.69, 9.17) is 21.1 Å². The summed E-state index contributed by atoms with van der Waals surface area (Å²) in [6.07, 6.45) is 1.91. The van der Waals surface area contributed by atoms with Crippen molar-refractivity contribution in [3.8, 4) is 5.75 Å². The van der Waals surface area contributed by atoms with Crippen molar-refractivity contribution in [2.45, 2.75) is 58.6 Å². The Bertz CT molecular complexity index is 869. The predicted molar refractivity (Wildman–Crippen MR) is 126 cm³/mol. The van der Waals surface area contributed by atoms with Gasteiger partial charge < -0.3 is 14.8 Å². The fraction of sp³-hybridized carbons (Fsp3) is 0.500. The molecule has 0 spiro atoms. The first-order valence-electron chi connectivity index (χ1n) is 11.3. The number of ether oxygens (including phenoxy) is 2. The van der Waals surface area contributed by atoms with Gasteiger partial charge in [0.25, 0.3) is 5.91 Å². The lowest BCUT2D eigenvalue weighted by molar-refractivity contribution is -0.123. The monoisotopic (exact) mass is 443 g/mol. The lowest BCUT2D eigenvalue weighted by atomic mass is 9.76. The topological polar surface area (TPSA) is 47.6 Å². The van der Waals surface area contributed by atoms with Crippen LogP contribution < -0.4 is 10.1 Å².